The average molecular weight is 314 g/mol. The van der Waals surface area contributed by atoms with Gasteiger partial charge in [-0.25, -0.2) is 0 Å². The third-order valence-corrected chi connectivity index (χ3v) is 4.39. The van der Waals surface area contributed by atoms with Crippen LogP contribution in [0, 0.1) is 0 Å². The minimum absolute atomic E-state index is 0.00481. The maximum absolute atomic E-state index is 12.6. The largest absolute Gasteiger partial charge is 0.468 e. The molecule has 0 aliphatic carbocycles. The van der Waals surface area contributed by atoms with E-state index in [1.54, 1.807) is 6.26 Å². The molecule has 4 nitrogen and oxygen atoms in total. The molecule has 0 saturated carbocycles. The van der Waals surface area contributed by atoms with Gasteiger partial charge in [-0.3, -0.25) is 9.69 Å². The van der Waals surface area contributed by atoms with E-state index in [2.05, 4.69) is 25.2 Å². The molecule has 0 aliphatic rings. The Hall–Kier alpha value is -2.07. The van der Waals surface area contributed by atoms with Crippen LogP contribution in [0.15, 0.2) is 47.1 Å². The SMILES string of the molecule is CCC(C)c1ccccc1NC(=O)C(C)N(C)Cc1ccco1. The predicted molar refractivity (Wildman–Crippen MR) is 93.4 cm³/mol. The normalized spacial score (nSPS) is 13.8. The molecule has 2 aromatic rings. The van der Waals surface area contributed by atoms with Crippen LogP contribution in [0.4, 0.5) is 5.69 Å². The highest BCUT2D eigenvalue weighted by Gasteiger charge is 2.20. The van der Waals surface area contributed by atoms with Crippen LogP contribution in [-0.4, -0.2) is 23.9 Å². The minimum atomic E-state index is -0.245. The van der Waals surface area contributed by atoms with Crippen molar-refractivity contribution < 1.29 is 9.21 Å². The summed E-state index contributed by atoms with van der Waals surface area (Å²) in [6.07, 6.45) is 2.69. The molecule has 0 radical (unpaired) electrons. The number of carbonyl (C=O) groups excluding carboxylic acids is 1. The summed E-state index contributed by atoms with van der Waals surface area (Å²) in [4.78, 5) is 14.5. The first-order chi connectivity index (χ1) is 11.0. The third kappa shape index (κ3) is 4.45. The van der Waals surface area contributed by atoms with Crippen LogP contribution in [-0.2, 0) is 11.3 Å². The number of likely N-dealkylation sites (N-methyl/N-ethyl adjacent to an activating group) is 1. The standard InChI is InChI=1S/C19H26N2O2/c1-5-14(2)17-10-6-7-11-18(17)20-19(22)15(3)21(4)13-16-9-8-12-23-16/h6-12,14-15H,5,13H2,1-4H3,(H,20,22). The monoisotopic (exact) mass is 314 g/mol. The van der Waals surface area contributed by atoms with Gasteiger partial charge in [0.1, 0.15) is 5.76 Å². The number of para-hydroxylation sites is 1. The number of nitrogens with one attached hydrogen (secondary N) is 1. The van der Waals surface area contributed by atoms with Crippen molar-refractivity contribution in [3.05, 3.63) is 54.0 Å². The van der Waals surface area contributed by atoms with Crippen LogP contribution in [0.5, 0.6) is 0 Å². The Labute approximate surface area is 138 Å². The van der Waals surface area contributed by atoms with E-state index in [0.717, 1.165) is 17.9 Å². The zero-order valence-electron chi connectivity index (χ0n) is 14.4. The lowest BCUT2D eigenvalue weighted by Gasteiger charge is -2.24. The topological polar surface area (TPSA) is 45.5 Å². The van der Waals surface area contributed by atoms with Gasteiger partial charge in [0.15, 0.2) is 0 Å². The first-order valence-electron chi connectivity index (χ1n) is 8.15. The van der Waals surface area contributed by atoms with Crippen LogP contribution in [0.3, 0.4) is 0 Å². The van der Waals surface area contributed by atoms with Gasteiger partial charge in [0, 0.05) is 5.69 Å². The van der Waals surface area contributed by atoms with Gasteiger partial charge in [0.2, 0.25) is 5.91 Å². The smallest absolute Gasteiger partial charge is 0.241 e. The van der Waals surface area contributed by atoms with E-state index >= 15 is 0 Å². The number of hydrogen-bond acceptors (Lipinski definition) is 3. The molecule has 4 heteroatoms. The second-order valence-corrected chi connectivity index (χ2v) is 6.06. The highest BCUT2D eigenvalue weighted by atomic mass is 16.3. The van der Waals surface area contributed by atoms with Gasteiger partial charge < -0.3 is 9.73 Å². The Morgan fingerprint density at radius 3 is 2.61 bits per heavy atom. The molecular weight excluding hydrogens is 288 g/mol. The van der Waals surface area contributed by atoms with Crippen molar-refractivity contribution in [2.24, 2.45) is 0 Å². The summed E-state index contributed by atoms with van der Waals surface area (Å²) in [6, 6.07) is 11.6. The molecule has 124 valence electrons. The molecule has 1 amide bonds. The Balaban J connectivity index is 2.03. The summed E-state index contributed by atoms with van der Waals surface area (Å²) in [7, 11) is 1.92. The van der Waals surface area contributed by atoms with Crippen LogP contribution in [0.25, 0.3) is 0 Å². The highest BCUT2D eigenvalue weighted by Crippen LogP contribution is 2.26. The summed E-state index contributed by atoms with van der Waals surface area (Å²) in [5.41, 5.74) is 2.09. The molecule has 1 aromatic heterocycles. The molecule has 1 N–H and O–H groups in total. The van der Waals surface area contributed by atoms with Gasteiger partial charge in [-0.15, -0.1) is 0 Å². The number of carbonyl (C=O) groups is 1. The molecule has 1 heterocycles. The molecule has 2 rings (SSSR count). The summed E-state index contributed by atoms with van der Waals surface area (Å²) < 4.78 is 5.34. The quantitative estimate of drug-likeness (QED) is 0.831. The summed E-state index contributed by atoms with van der Waals surface area (Å²) in [6.45, 7) is 6.85. The van der Waals surface area contributed by atoms with Crippen LogP contribution in [0.2, 0.25) is 0 Å². The van der Waals surface area contributed by atoms with E-state index in [4.69, 9.17) is 4.42 Å². The fraction of sp³-hybridized carbons (Fsp3) is 0.421. The summed E-state index contributed by atoms with van der Waals surface area (Å²) >= 11 is 0. The molecule has 0 bridgehead atoms. The number of amides is 1. The zero-order valence-corrected chi connectivity index (χ0v) is 14.4. The number of hydrogen-bond donors (Lipinski definition) is 1. The molecule has 23 heavy (non-hydrogen) atoms. The Morgan fingerprint density at radius 2 is 1.96 bits per heavy atom. The van der Waals surface area contributed by atoms with E-state index in [0.29, 0.717) is 12.5 Å². The Bertz CT molecular complexity index is 622. The van der Waals surface area contributed by atoms with E-state index in [-0.39, 0.29) is 11.9 Å². The number of benzene rings is 1. The molecule has 1 aromatic carbocycles. The van der Waals surface area contributed by atoms with Gasteiger partial charge >= 0.3 is 0 Å². The molecule has 0 fully saturated rings. The van der Waals surface area contributed by atoms with E-state index in [1.165, 1.54) is 5.56 Å². The average Bonchev–Trinajstić information content (AvgIpc) is 3.06. The van der Waals surface area contributed by atoms with Crippen molar-refractivity contribution >= 4 is 11.6 Å². The lowest BCUT2D eigenvalue weighted by atomic mass is 9.97. The maximum Gasteiger partial charge on any atom is 0.241 e. The fourth-order valence-corrected chi connectivity index (χ4v) is 2.48. The first kappa shape index (κ1) is 17.3. The summed E-state index contributed by atoms with van der Waals surface area (Å²) in [5, 5.41) is 3.07. The minimum Gasteiger partial charge on any atom is -0.468 e. The third-order valence-electron chi connectivity index (χ3n) is 4.39. The fourth-order valence-electron chi connectivity index (χ4n) is 2.48. The van der Waals surface area contributed by atoms with Gasteiger partial charge in [-0.1, -0.05) is 32.0 Å². The molecule has 0 aliphatic heterocycles. The summed E-state index contributed by atoms with van der Waals surface area (Å²) in [5.74, 6) is 1.27. The number of rotatable bonds is 7. The van der Waals surface area contributed by atoms with Crippen LogP contribution >= 0.6 is 0 Å². The van der Waals surface area contributed by atoms with Crippen molar-refractivity contribution in [2.75, 3.05) is 12.4 Å². The van der Waals surface area contributed by atoms with Crippen molar-refractivity contribution in [2.45, 2.75) is 45.7 Å². The number of anilines is 1. The Morgan fingerprint density at radius 1 is 1.22 bits per heavy atom. The van der Waals surface area contributed by atoms with E-state index in [1.807, 2.05) is 49.2 Å². The number of nitrogens with zero attached hydrogens (tertiary/aromatic N) is 1. The zero-order chi connectivity index (χ0) is 16.8. The van der Waals surface area contributed by atoms with Crippen molar-refractivity contribution in [1.82, 2.24) is 4.90 Å². The molecule has 0 spiro atoms. The lowest BCUT2D eigenvalue weighted by molar-refractivity contribution is -0.120. The van der Waals surface area contributed by atoms with Crippen LogP contribution < -0.4 is 5.32 Å². The lowest BCUT2D eigenvalue weighted by Crippen LogP contribution is -2.39. The van der Waals surface area contributed by atoms with Gasteiger partial charge in [0.25, 0.3) is 0 Å². The first-order valence-corrected chi connectivity index (χ1v) is 8.15. The molecule has 2 unspecified atom stereocenters. The Kier molecular flexibility index (Phi) is 5.99. The second-order valence-electron chi connectivity index (χ2n) is 6.06. The maximum atomic E-state index is 12.6. The number of furan rings is 1. The van der Waals surface area contributed by atoms with Crippen molar-refractivity contribution in [1.29, 1.82) is 0 Å². The predicted octanol–water partition coefficient (Wildman–Crippen LogP) is 4.25. The molecule has 2 atom stereocenters. The van der Waals surface area contributed by atoms with E-state index < -0.39 is 0 Å². The van der Waals surface area contributed by atoms with Crippen molar-refractivity contribution in [3.8, 4) is 0 Å². The van der Waals surface area contributed by atoms with E-state index in [9.17, 15) is 4.79 Å². The second kappa shape index (κ2) is 7.97. The van der Waals surface area contributed by atoms with Crippen LogP contribution in [0.1, 0.15) is 44.4 Å². The molecular formula is C19H26N2O2. The van der Waals surface area contributed by atoms with Gasteiger partial charge in [-0.05, 0) is 50.1 Å². The van der Waals surface area contributed by atoms with Crippen molar-refractivity contribution in [3.63, 3.8) is 0 Å². The highest BCUT2D eigenvalue weighted by molar-refractivity contribution is 5.95. The molecule has 0 saturated heterocycles. The van der Waals surface area contributed by atoms with Gasteiger partial charge in [-0.2, -0.15) is 0 Å². The van der Waals surface area contributed by atoms with Gasteiger partial charge in [0.05, 0.1) is 18.8 Å².